The molecule has 0 aromatic heterocycles. The van der Waals surface area contributed by atoms with Gasteiger partial charge in [0.1, 0.15) is 6.04 Å². The Bertz CT molecular complexity index is 539. The van der Waals surface area contributed by atoms with Crippen LogP contribution in [-0.4, -0.2) is 40.9 Å². The molecule has 0 heterocycles. The molecule has 1 rings (SSSR count). The first-order valence-corrected chi connectivity index (χ1v) is 5.66. The number of benzene rings is 1. The second kappa shape index (κ2) is 5.51. The first-order chi connectivity index (χ1) is 8.77. The molecule has 6 nitrogen and oxygen atoms in total. The van der Waals surface area contributed by atoms with E-state index in [-0.39, 0.29) is 11.1 Å². The van der Waals surface area contributed by atoms with E-state index in [4.69, 9.17) is 10.8 Å². The summed E-state index contributed by atoms with van der Waals surface area (Å²) in [5, 5.41) is 8.89. The van der Waals surface area contributed by atoms with Crippen molar-refractivity contribution >= 4 is 17.8 Å². The van der Waals surface area contributed by atoms with Crippen LogP contribution < -0.4 is 5.73 Å². The Balaban J connectivity index is 3.17. The predicted molar refractivity (Wildman–Crippen MR) is 68.9 cm³/mol. The first-order valence-electron chi connectivity index (χ1n) is 5.66. The molecule has 0 aliphatic rings. The summed E-state index contributed by atoms with van der Waals surface area (Å²) in [6.07, 6.45) is 0. The Morgan fingerprint density at radius 3 is 2.26 bits per heavy atom. The van der Waals surface area contributed by atoms with Crippen molar-refractivity contribution in [1.29, 1.82) is 0 Å². The molecule has 0 saturated heterocycles. The van der Waals surface area contributed by atoms with Crippen LogP contribution in [0.2, 0.25) is 0 Å². The number of carboxylic acids is 1. The Kier molecular flexibility index (Phi) is 4.26. The number of carboxylic acid groups (broad SMARTS) is 1. The molecule has 6 heteroatoms. The van der Waals surface area contributed by atoms with E-state index in [1.54, 1.807) is 13.0 Å². The molecule has 102 valence electrons. The quantitative estimate of drug-likeness (QED) is 0.833. The van der Waals surface area contributed by atoms with E-state index in [0.717, 1.165) is 4.90 Å². The molecule has 1 unspecified atom stereocenters. The van der Waals surface area contributed by atoms with E-state index in [2.05, 4.69) is 0 Å². The molecule has 1 aromatic carbocycles. The molecule has 0 aliphatic carbocycles. The van der Waals surface area contributed by atoms with E-state index in [1.165, 1.54) is 26.1 Å². The van der Waals surface area contributed by atoms with Crippen LogP contribution in [0.25, 0.3) is 0 Å². The maximum Gasteiger partial charge on any atom is 0.326 e. The second-order valence-corrected chi connectivity index (χ2v) is 4.27. The summed E-state index contributed by atoms with van der Waals surface area (Å²) in [6.45, 7) is 3.01. The van der Waals surface area contributed by atoms with Crippen LogP contribution in [-0.2, 0) is 4.79 Å². The lowest BCUT2D eigenvalue weighted by Gasteiger charge is -2.22. The highest BCUT2D eigenvalue weighted by Gasteiger charge is 2.24. The van der Waals surface area contributed by atoms with Crippen molar-refractivity contribution in [3.63, 3.8) is 0 Å². The van der Waals surface area contributed by atoms with Crippen LogP contribution >= 0.6 is 0 Å². The molecule has 0 radical (unpaired) electrons. The number of amides is 2. The molecule has 0 bridgehead atoms. The van der Waals surface area contributed by atoms with Crippen LogP contribution in [0.15, 0.2) is 18.2 Å². The molecule has 2 amide bonds. The Labute approximate surface area is 110 Å². The van der Waals surface area contributed by atoms with Gasteiger partial charge < -0.3 is 15.7 Å². The Morgan fingerprint density at radius 2 is 1.79 bits per heavy atom. The number of aliphatic carboxylic acids is 1. The number of rotatable bonds is 4. The molecule has 3 N–H and O–H groups in total. The van der Waals surface area contributed by atoms with Crippen molar-refractivity contribution in [2.24, 2.45) is 5.73 Å². The summed E-state index contributed by atoms with van der Waals surface area (Å²) >= 11 is 0. The van der Waals surface area contributed by atoms with Gasteiger partial charge in [-0.3, -0.25) is 9.59 Å². The summed E-state index contributed by atoms with van der Waals surface area (Å²) < 4.78 is 0. The molecule has 0 spiro atoms. The molecule has 0 saturated carbocycles. The second-order valence-electron chi connectivity index (χ2n) is 4.27. The van der Waals surface area contributed by atoms with Crippen LogP contribution in [0.1, 0.15) is 33.2 Å². The molecule has 0 fully saturated rings. The van der Waals surface area contributed by atoms with E-state index in [1.807, 2.05) is 0 Å². The Morgan fingerprint density at radius 1 is 1.26 bits per heavy atom. The summed E-state index contributed by atoms with van der Waals surface area (Å²) in [6, 6.07) is 3.65. The fourth-order valence-corrected chi connectivity index (χ4v) is 1.67. The van der Waals surface area contributed by atoms with E-state index >= 15 is 0 Å². The average molecular weight is 264 g/mol. The zero-order valence-electron chi connectivity index (χ0n) is 11.0. The lowest BCUT2D eigenvalue weighted by molar-refractivity contribution is -0.141. The van der Waals surface area contributed by atoms with E-state index < -0.39 is 23.8 Å². The number of carbonyl (C=O) groups excluding carboxylic acids is 2. The normalized spacial score (nSPS) is 11.7. The van der Waals surface area contributed by atoms with Crippen molar-refractivity contribution in [1.82, 2.24) is 4.90 Å². The lowest BCUT2D eigenvalue weighted by Crippen LogP contribution is -2.40. The van der Waals surface area contributed by atoms with Crippen LogP contribution in [0.3, 0.4) is 0 Å². The van der Waals surface area contributed by atoms with Crippen LogP contribution in [0, 0.1) is 6.92 Å². The smallest absolute Gasteiger partial charge is 0.326 e. The van der Waals surface area contributed by atoms with Gasteiger partial charge in [0.25, 0.3) is 5.91 Å². The van der Waals surface area contributed by atoms with Gasteiger partial charge in [0.15, 0.2) is 0 Å². The van der Waals surface area contributed by atoms with E-state index in [0.29, 0.717) is 5.56 Å². The summed E-state index contributed by atoms with van der Waals surface area (Å²) in [5.41, 5.74) is 6.18. The first kappa shape index (κ1) is 14.7. The standard InChI is InChI=1S/C13H16N2O4/c1-7-9(11(14)16)5-4-6-10(7)12(17)15(3)8(2)13(18)19/h4-6,8H,1-3H3,(H2,14,16)(H,18,19). The molecule has 1 atom stereocenters. The maximum absolute atomic E-state index is 12.2. The van der Waals surface area contributed by atoms with Crippen molar-refractivity contribution in [3.05, 3.63) is 34.9 Å². The van der Waals surface area contributed by atoms with Gasteiger partial charge in [0.05, 0.1) is 0 Å². The third kappa shape index (κ3) is 2.90. The van der Waals surface area contributed by atoms with Gasteiger partial charge in [0.2, 0.25) is 5.91 Å². The van der Waals surface area contributed by atoms with Crippen molar-refractivity contribution in [3.8, 4) is 0 Å². The van der Waals surface area contributed by atoms with Gasteiger partial charge >= 0.3 is 5.97 Å². The van der Waals surface area contributed by atoms with Gasteiger partial charge in [-0.15, -0.1) is 0 Å². The fourth-order valence-electron chi connectivity index (χ4n) is 1.67. The minimum atomic E-state index is -1.10. The molecule has 19 heavy (non-hydrogen) atoms. The minimum absolute atomic E-state index is 0.252. The summed E-state index contributed by atoms with van der Waals surface area (Å²) in [4.78, 5) is 35.4. The molecular weight excluding hydrogens is 248 g/mol. The van der Waals surface area contributed by atoms with Gasteiger partial charge in [0, 0.05) is 18.2 Å². The number of hydrogen-bond acceptors (Lipinski definition) is 3. The highest BCUT2D eigenvalue weighted by Crippen LogP contribution is 2.16. The zero-order chi connectivity index (χ0) is 14.7. The Hall–Kier alpha value is -2.37. The highest BCUT2D eigenvalue weighted by molar-refractivity contribution is 6.02. The number of nitrogens with zero attached hydrogens (tertiary/aromatic N) is 1. The molecular formula is C13H16N2O4. The number of primary amides is 1. The van der Waals surface area contributed by atoms with E-state index in [9.17, 15) is 14.4 Å². The maximum atomic E-state index is 12.2. The summed E-state index contributed by atoms with van der Waals surface area (Å²) in [5.74, 6) is -2.18. The van der Waals surface area contributed by atoms with Crippen molar-refractivity contribution in [2.75, 3.05) is 7.05 Å². The third-order valence-electron chi connectivity index (χ3n) is 3.09. The fraction of sp³-hybridized carbons (Fsp3) is 0.308. The minimum Gasteiger partial charge on any atom is -0.480 e. The third-order valence-corrected chi connectivity index (χ3v) is 3.09. The number of likely N-dealkylation sites (N-methyl/N-ethyl adjacent to an activating group) is 1. The zero-order valence-corrected chi connectivity index (χ0v) is 11.0. The topological polar surface area (TPSA) is 101 Å². The molecule has 0 aliphatic heterocycles. The SMILES string of the molecule is Cc1c(C(N)=O)cccc1C(=O)N(C)C(C)C(=O)O. The highest BCUT2D eigenvalue weighted by atomic mass is 16.4. The van der Waals surface area contributed by atoms with Gasteiger partial charge in [-0.2, -0.15) is 0 Å². The number of carbonyl (C=O) groups is 3. The van der Waals surface area contributed by atoms with Gasteiger partial charge in [-0.25, -0.2) is 4.79 Å². The van der Waals surface area contributed by atoms with Gasteiger partial charge in [-0.1, -0.05) is 6.07 Å². The van der Waals surface area contributed by atoms with Crippen LogP contribution in [0.4, 0.5) is 0 Å². The largest absolute Gasteiger partial charge is 0.480 e. The lowest BCUT2D eigenvalue weighted by atomic mass is 10.0. The number of hydrogen-bond donors (Lipinski definition) is 2. The average Bonchev–Trinajstić information content (AvgIpc) is 2.35. The van der Waals surface area contributed by atoms with Gasteiger partial charge in [-0.05, 0) is 31.5 Å². The van der Waals surface area contributed by atoms with Crippen molar-refractivity contribution in [2.45, 2.75) is 19.9 Å². The van der Waals surface area contributed by atoms with Crippen LogP contribution in [0.5, 0.6) is 0 Å². The monoisotopic (exact) mass is 264 g/mol. The van der Waals surface area contributed by atoms with Crippen molar-refractivity contribution < 1.29 is 19.5 Å². The predicted octanol–water partition coefficient (Wildman–Crippen LogP) is 0.639. The summed E-state index contributed by atoms with van der Waals surface area (Å²) in [7, 11) is 1.40. The molecule has 1 aromatic rings. The number of nitrogens with two attached hydrogens (primary N) is 1.